The van der Waals surface area contributed by atoms with Crippen molar-refractivity contribution in [2.24, 2.45) is 0 Å². The molecule has 0 aliphatic rings. The molecule has 6 heteroatoms. The Morgan fingerprint density at radius 1 is 1.08 bits per heavy atom. The van der Waals surface area contributed by atoms with Crippen LogP contribution in [0.15, 0.2) is 47.5 Å². The van der Waals surface area contributed by atoms with E-state index in [4.69, 9.17) is 9.47 Å². The lowest BCUT2D eigenvalue weighted by molar-refractivity contribution is 0.356. The molecule has 0 amide bonds. The summed E-state index contributed by atoms with van der Waals surface area (Å²) in [5, 5.41) is 13.6. The Kier molecular flexibility index (Phi) is 4.96. The summed E-state index contributed by atoms with van der Waals surface area (Å²) < 4.78 is 10.7. The Labute approximate surface area is 150 Å². The van der Waals surface area contributed by atoms with Gasteiger partial charge in [-0.05, 0) is 36.6 Å². The number of anilines is 2. The molecule has 0 atom stereocenters. The summed E-state index contributed by atoms with van der Waals surface area (Å²) in [4.78, 5) is 5.54. The van der Waals surface area contributed by atoms with E-state index in [2.05, 4.69) is 16.4 Å². The minimum absolute atomic E-state index is 0.466. The number of thioether (sulfide) groups is 1. The Hall–Kier alpha value is -2.91. The quantitative estimate of drug-likeness (QED) is 0.678. The van der Waals surface area contributed by atoms with Crippen LogP contribution >= 0.6 is 11.8 Å². The molecule has 1 N–H and O–H groups in total. The maximum atomic E-state index is 9.48. The molecule has 126 valence electrons. The van der Waals surface area contributed by atoms with Gasteiger partial charge in [0.2, 0.25) is 0 Å². The van der Waals surface area contributed by atoms with Gasteiger partial charge in [0.1, 0.15) is 6.07 Å². The number of nitrogens with one attached hydrogen (secondary N) is 1. The average molecular weight is 351 g/mol. The van der Waals surface area contributed by atoms with Gasteiger partial charge in [-0.25, -0.2) is 0 Å². The first-order valence-electron chi connectivity index (χ1n) is 7.56. The molecular weight excluding hydrogens is 334 g/mol. The summed E-state index contributed by atoms with van der Waals surface area (Å²) in [7, 11) is 3.17. The van der Waals surface area contributed by atoms with E-state index in [0.717, 1.165) is 16.6 Å². The van der Waals surface area contributed by atoms with E-state index in [9.17, 15) is 5.26 Å². The number of rotatable bonds is 5. The molecular formula is C19H17N3O2S. The number of hydrogen-bond donors (Lipinski definition) is 1. The lowest BCUT2D eigenvalue weighted by atomic mass is 10.1. The van der Waals surface area contributed by atoms with Gasteiger partial charge in [0, 0.05) is 28.2 Å². The molecule has 3 aromatic rings. The van der Waals surface area contributed by atoms with Crippen molar-refractivity contribution >= 4 is 34.0 Å². The molecule has 0 fully saturated rings. The van der Waals surface area contributed by atoms with Gasteiger partial charge in [-0.1, -0.05) is 0 Å². The zero-order valence-electron chi connectivity index (χ0n) is 14.2. The van der Waals surface area contributed by atoms with Gasteiger partial charge in [-0.15, -0.1) is 11.8 Å². The molecule has 0 aliphatic heterocycles. The zero-order chi connectivity index (χ0) is 17.8. The average Bonchev–Trinajstić information content (AvgIpc) is 2.67. The van der Waals surface area contributed by atoms with E-state index in [0.29, 0.717) is 22.7 Å². The monoisotopic (exact) mass is 351 g/mol. The second kappa shape index (κ2) is 7.32. The molecule has 0 saturated heterocycles. The van der Waals surface area contributed by atoms with Crippen molar-refractivity contribution in [3.8, 4) is 17.6 Å². The molecule has 3 rings (SSSR count). The molecule has 0 saturated carbocycles. The SMILES string of the molecule is COc1cc2ncc(C#N)c(Nc3ccc(SC)cc3)c2cc1OC. The number of ether oxygens (including phenoxy) is 2. The van der Waals surface area contributed by atoms with E-state index in [-0.39, 0.29) is 0 Å². The highest BCUT2D eigenvalue weighted by atomic mass is 32.2. The summed E-state index contributed by atoms with van der Waals surface area (Å²) in [6, 6.07) is 13.9. The Morgan fingerprint density at radius 2 is 1.76 bits per heavy atom. The van der Waals surface area contributed by atoms with Crippen molar-refractivity contribution in [1.29, 1.82) is 5.26 Å². The van der Waals surface area contributed by atoms with Crippen LogP contribution in [0, 0.1) is 11.3 Å². The topological polar surface area (TPSA) is 67.2 Å². The van der Waals surface area contributed by atoms with E-state index >= 15 is 0 Å². The number of methoxy groups -OCH3 is 2. The van der Waals surface area contributed by atoms with Crippen molar-refractivity contribution in [3.63, 3.8) is 0 Å². The molecule has 2 aromatic carbocycles. The van der Waals surface area contributed by atoms with E-state index in [1.807, 2.05) is 36.6 Å². The number of benzene rings is 2. The summed E-state index contributed by atoms with van der Waals surface area (Å²) >= 11 is 1.68. The summed E-state index contributed by atoms with van der Waals surface area (Å²) in [6.07, 6.45) is 3.60. The maximum Gasteiger partial charge on any atom is 0.162 e. The van der Waals surface area contributed by atoms with Gasteiger partial charge in [-0.3, -0.25) is 4.98 Å². The molecule has 0 spiro atoms. The zero-order valence-corrected chi connectivity index (χ0v) is 15.0. The summed E-state index contributed by atoms with van der Waals surface area (Å²) in [6.45, 7) is 0. The van der Waals surface area contributed by atoms with Crippen LogP contribution in [0.4, 0.5) is 11.4 Å². The standard InChI is InChI=1S/C19H17N3O2S/c1-23-17-8-15-16(9-18(17)24-2)21-11-12(10-20)19(15)22-13-4-6-14(25-3)7-5-13/h4-9,11H,1-3H3,(H,21,22). The van der Waals surface area contributed by atoms with Crippen LogP contribution in [0.5, 0.6) is 11.5 Å². The lowest BCUT2D eigenvalue weighted by Gasteiger charge is -2.14. The van der Waals surface area contributed by atoms with Crippen molar-refractivity contribution in [3.05, 3.63) is 48.2 Å². The van der Waals surface area contributed by atoms with Gasteiger partial charge >= 0.3 is 0 Å². The first-order valence-corrected chi connectivity index (χ1v) is 8.78. The minimum atomic E-state index is 0.466. The number of hydrogen-bond acceptors (Lipinski definition) is 6. The third-order valence-electron chi connectivity index (χ3n) is 3.85. The van der Waals surface area contributed by atoms with E-state index in [1.54, 1.807) is 38.2 Å². The number of nitriles is 1. The number of fused-ring (bicyclic) bond motifs is 1. The fourth-order valence-corrected chi connectivity index (χ4v) is 2.97. The van der Waals surface area contributed by atoms with Crippen molar-refractivity contribution in [1.82, 2.24) is 4.98 Å². The Balaban J connectivity index is 2.15. The normalized spacial score (nSPS) is 10.3. The van der Waals surface area contributed by atoms with E-state index in [1.165, 1.54) is 4.90 Å². The molecule has 0 radical (unpaired) electrons. The van der Waals surface area contributed by atoms with Gasteiger partial charge in [0.05, 0.1) is 31.0 Å². The maximum absolute atomic E-state index is 9.48. The van der Waals surface area contributed by atoms with Gasteiger partial charge < -0.3 is 14.8 Å². The Bertz CT molecular complexity index is 950. The number of nitrogens with zero attached hydrogens (tertiary/aromatic N) is 2. The van der Waals surface area contributed by atoms with Gasteiger partial charge in [-0.2, -0.15) is 5.26 Å². The molecule has 1 heterocycles. The fraction of sp³-hybridized carbons (Fsp3) is 0.158. The number of aromatic nitrogens is 1. The second-order valence-electron chi connectivity index (χ2n) is 5.24. The van der Waals surface area contributed by atoms with Crippen LogP contribution in [-0.2, 0) is 0 Å². The third-order valence-corrected chi connectivity index (χ3v) is 4.60. The molecule has 0 unspecified atom stereocenters. The van der Waals surface area contributed by atoms with Gasteiger partial charge in [0.15, 0.2) is 11.5 Å². The van der Waals surface area contributed by atoms with Gasteiger partial charge in [0.25, 0.3) is 0 Å². The second-order valence-corrected chi connectivity index (χ2v) is 6.12. The minimum Gasteiger partial charge on any atom is -0.493 e. The molecule has 25 heavy (non-hydrogen) atoms. The lowest BCUT2D eigenvalue weighted by Crippen LogP contribution is -1.98. The summed E-state index contributed by atoms with van der Waals surface area (Å²) in [5.74, 6) is 1.19. The largest absolute Gasteiger partial charge is 0.493 e. The first-order chi connectivity index (χ1) is 12.2. The molecule has 5 nitrogen and oxygen atoms in total. The van der Waals surface area contributed by atoms with Crippen LogP contribution in [-0.4, -0.2) is 25.5 Å². The van der Waals surface area contributed by atoms with Crippen molar-refractivity contribution in [2.45, 2.75) is 4.90 Å². The van der Waals surface area contributed by atoms with Crippen molar-refractivity contribution in [2.75, 3.05) is 25.8 Å². The smallest absolute Gasteiger partial charge is 0.162 e. The van der Waals surface area contributed by atoms with Crippen LogP contribution in [0.25, 0.3) is 10.9 Å². The predicted octanol–water partition coefficient (Wildman–Crippen LogP) is 4.59. The highest BCUT2D eigenvalue weighted by Gasteiger charge is 2.14. The predicted molar refractivity (Wildman–Crippen MR) is 101 cm³/mol. The van der Waals surface area contributed by atoms with Crippen LogP contribution in [0.2, 0.25) is 0 Å². The number of pyridine rings is 1. The van der Waals surface area contributed by atoms with Crippen LogP contribution in [0.1, 0.15) is 5.56 Å². The Morgan fingerprint density at radius 3 is 2.36 bits per heavy atom. The van der Waals surface area contributed by atoms with Crippen LogP contribution in [0.3, 0.4) is 0 Å². The highest BCUT2D eigenvalue weighted by molar-refractivity contribution is 7.98. The molecule has 0 aliphatic carbocycles. The van der Waals surface area contributed by atoms with E-state index < -0.39 is 0 Å². The van der Waals surface area contributed by atoms with Crippen LogP contribution < -0.4 is 14.8 Å². The molecule has 0 bridgehead atoms. The molecule has 1 aromatic heterocycles. The first kappa shape index (κ1) is 16.9. The highest BCUT2D eigenvalue weighted by Crippen LogP contribution is 2.37. The third kappa shape index (κ3) is 3.32. The fourth-order valence-electron chi connectivity index (χ4n) is 2.56. The van der Waals surface area contributed by atoms with Crippen molar-refractivity contribution < 1.29 is 9.47 Å². The summed E-state index contributed by atoms with van der Waals surface area (Å²) in [5.41, 5.74) is 2.79.